The summed E-state index contributed by atoms with van der Waals surface area (Å²) >= 11 is 1.82. The molecule has 1 amide bonds. The number of carbonyl (C=O) groups is 1. The molecule has 0 aliphatic rings. The summed E-state index contributed by atoms with van der Waals surface area (Å²) in [7, 11) is 1.83. The summed E-state index contributed by atoms with van der Waals surface area (Å²) in [4.78, 5) is 12.1. The summed E-state index contributed by atoms with van der Waals surface area (Å²) in [5.74, 6) is -0.00338. The second-order valence-electron chi connectivity index (χ2n) is 4.39. The van der Waals surface area contributed by atoms with Crippen LogP contribution < -0.4 is 10.6 Å². The molecule has 0 bridgehead atoms. The SMILES string of the molecule is CNc1ccc(C)cc1C(=O)NCCC(C)SC. The van der Waals surface area contributed by atoms with Crippen molar-refractivity contribution in [1.82, 2.24) is 5.32 Å². The molecule has 2 N–H and O–H groups in total. The lowest BCUT2D eigenvalue weighted by Crippen LogP contribution is -2.26. The van der Waals surface area contributed by atoms with E-state index in [-0.39, 0.29) is 5.91 Å². The van der Waals surface area contributed by atoms with Crippen LogP contribution in [0.15, 0.2) is 18.2 Å². The van der Waals surface area contributed by atoms with Crippen LogP contribution in [0.5, 0.6) is 0 Å². The Labute approximate surface area is 114 Å². The van der Waals surface area contributed by atoms with Gasteiger partial charge in [-0.2, -0.15) is 11.8 Å². The molecule has 0 saturated carbocycles. The van der Waals surface area contributed by atoms with Gasteiger partial charge in [-0.1, -0.05) is 18.6 Å². The molecule has 0 aliphatic heterocycles. The molecular formula is C14H22N2OS. The van der Waals surface area contributed by atoms with E-state index in [1.54, 1.807) is 0 Å². The topological polar surface area (TPSA) is 41.1 Å². The molecule has 1 rings (SSSR count). The number of hydrogen-bond acceptors (Lipinski definition) is 3. The number of thioether (sulfide) groups is 1. The fourth-order valence-corrected chi connectivity index (χ4v) is 2.02. The predicted octanol–water partition coefficient (Wildman–Crippen LogP) is 2.91. The summed E-state index contributed by atoms with van der Waals surface area (Å²) in [5, 5.41) is 6.60. The number of anilines is 1. The minimum atomic E-state index is -0.00338. The third-order valence-corrected chi connectivity index (χ3v) is 3.97. The van der Waals surface area contributed by atoms with Crippen molar-refractivity contribution in [3.63, 3.8) is 0 Å². The molecule has 0 saturated heterocycles. The Bertz CT molecular complexity index is 407. The van der Waals surface area contributed by atoms with Crippen LogP contribution in [0.25, 0.3) is 0 Å². The maximum Gasteiger partial charge on any atom is 0.253 e. The van der Waals surface area contributed by atoms with Crippen LogP contribution in [0.2, 0.25) is 0 Å². The zero-order chi connectivity index (χ0) is 13.5. The fourth-order valence-electron chi connectivity index (χ4n) is 1.67. The standard InChI is InChI=1S/C14H22N2OS/c1-10-5-6-13(15-3)12(9-10)14(17)16-8-7-11(2)18-4/h5-6,9,11,15H,7-8H2,1-4H3,(H,16,17). The van der Waals surface area contributed by atoms with Crippen molar-refractivity contribution in [2.45, 2.75) is 25.5 Å². The molecule has 100 valence electrons. The Kier molecular flexibility index (Phi) is 6.05. The zero-order valence-corrected chi connectivity index (χ0v) is 12.4. The van der Waals surface area contributed by atoms with E-state index in [1.165, 1.54) is 0 Å². The lowest BCUT2D eigenvalue weighted by Gasteiger charge is -2.12. The van der Waals surface area contributed by atoms with Crippen molar-refractivity contribution in [2.75, 3.05) is 25.2 Å². The van der Waals surface area contributed by atoms with Gasteiger partial charge in [-0.05, 0) is 31.7 Å². The van der Waals surface area contributed by atoms with Crippen LogP contribution >= 0.6 is 11.8 Å². The Balaban J connectivity index is 2.63. The van der Waals surface area contributed by atoms with Gasteiger partial charge in [-0.25, -0.2) is 0 Å². The highest BCUT2D eigenvalue weighted by atomic mass is 32.2. The maximum absolute atomic E-state index is 12.1. The summed E-state index contributed by atoms with van der Waals surface area (Å²) in [6.45, 7) is 4.88. The number of hydrogen-bond donors (Lipinski definition) is 2. The molecule has 1 unspecified atom stereocenters. The van der Waals surface area contributed by atoms with E-state index in [1.807, 2.05) is 43.9 Å². The molecule has 0 spiro atoms. The Morgan fingerprint density at radius 2 is 2.17 bits per heavy atom. The number of rotatable bonds is 6. The Morgan fingerprint density at radius 1 is 1.44 bits per heavy atom. The summed E-state index contributed by atoms with van der Waals surface area (Å²) in [5.41, 5.74) is 2.68. The van der Waals surface area contributed by atoms with Crippen LogP contribution in [0, 0.1) is 6.92 Å². The van der Waals surface area contributed by atoms with Crippen molar-refractivity contribution in [3.8, 4) is 0 Å². The van der Waals surface area contributed by atoms with E-state index in [2.05, 4.69) is 23.8 Å². The van der Waals surface area contributed by atoms with E-state index in [0.717, 1.165) is 24.2 Å². The maximum atomic E-state index is 12.1. The summed E-state index contributed by atoms with van der Waals surface area (Å²) < 4.78 is 0. The molecule has 1 aromatic carbocycles. The van der Waals surface area contributed by atoms with Gasteiger partial charge in [-0.15, -0.1) is 0 Å². The van der Waals surface area contributed by atoms with Gasteiger partial charge in [0.2, 0.25) is 0 Å². The largest absolute Gasteiger partial charge is 0.387 e. The van der Waals surface area contributed by atoms with E-state index in [9.17, 15) is 4.79 Å². The third-order valence-electron chi connectivity index (χ3n) is 2.93. The van der Waals surface area contributed by atoms with Crippen LogP contribution in [-0.2, 0) is 0 Å². The average molecular weight is 266 g/mol. The second-order valence-corrected chi connectivity index (χ2v) is 5.67. The van der Waals surface area contributed by atoms with Gasteiger partial charge >= 0.3 is 0 Å². The number of aryl methyl sites for hydroxylation is 1. The Hall–Kier alpha value is -1.16. The lowest BCUT2D eigenvalue weighted by molar-refractivity contribution is 0.0954. The van der Waals surface area contributed by atoms with Gasteiger partial charge in [0.05, 0.1) is 5.56 Å². The van der Waals surface area contributed by atoms with Crippen LogP contribution in [0.4, 0.5) is 5.69 Å². The van der Waals surface area contributed by atoms with Crippen molar-refractivity contribution in [2.24, 2.45) is 0 Å². The average Bonchev–Trinajstić information content (AvgIpc) is 2.38. The van der Waals surface area contributed by atoms with Gasteiger partial charge in [0.15, 0.2) is 0 Å². The van der Waals surface area contributed by atoms with E-state index in [4.69, 9.17) is 0 Å². The molecule has 0 aliphatic carbocycles. The van der Waals surface area contributed by atoms with Crippen LogP contribution in [0.3, 0.4) is 0 Å². The monoisotopic (exact) mass is 266 g/mol. The molecule has 4 heteroatoms. The Morgan fingerprint density at radius 3 is 2.78 bits per heavy atom. The molecule has 0 heterocycles. The quantitative estimate of drug-likeness (QED) is 0.832. The number of benzene rings is 1. The van der Waals surface area contributed by atoms with E-state index < -0.39 is 0 Å². The molecule has 1 atom stereocenters. The first-order valence-corrected chi connectivity index (χ1v) is 7.46. The van der Waals surface area contributed by atoms with Gasteiger partial charge in [0, 0.05) is 24.5 Å². The smallest absolute Gasteiger partial charge is 0.253 e. The number of carbonyl (C=O) groups excluding carboxylic acids is 1. The zero-order valence-electron chi connectivity index (χ0n) is 11.5. The minimum Gasteiger partial charge on any atom is -0.387 e. The van der Waals surface area contributed by atoms with Gasteiger partial charge in [0.1, 0.15) is 0 Å². The molecule has 0 fully saturated rings. The first kappa shape index (κ1) is 14.9. The molecule has 0 radical (unpaired) electrons. The minimum absolute atomic E-state index is 0.00338. The highest BCUT2D eigenvalue weighted by Gasteiger charge is 2.10. The first-order valence-electron chi connectivity index (χ1n) is 6.18. The molecule has 0 aromatic heterocycles. The second kappa shape index (κ2) is 7.31. The highest BCUT2D eigenvalue weighted by molar-refractivity contribution is 7.99. The lowest BCUT2D eigenvalue weighted by atomic mass is 10.1. The predicted molar refractivity (Wildman–Crippen MR) is 80.7 cm³/mol. The third kappa shape index (κ3) is 4.26. The van der Waals surface area contributed by atoms with E-state index >= 15 is 0 Å². The van der Waals surface area contributed by atoms with Gasteiger partial charge in [-0.3, -0.25) is 4.79 Å². The van der Waals surface area contributed by atoms with Crippen molar-refractivity contribution < 1.29 is 4.79 Å². The van der Waals surface area contributed by atoms with Crippen LogP contribution in [-0.4, -0.2) is 31.0 Å². The van der Waals surface area contributed by atoms with E-state index in [0.29, 0.717) is 10.8 Å². The number of amides is 1. The normalized spacial score (nSPS) is 12.0. The van der Waals surface area contributed by atoms with Crippen LogP contribution in [0.1, 0.15) is 29.3 Å². The first-order chi connectivity index (χ1) is 8.58. The number of nitrogens with one attached hydrogen (secondary N) is 2. The van der Waals surface area contributed by atoms with Crippen molar-refractivity contribution >= 4 is 23.4 Å². The molecular weight excluding hydrogens is 244 g/mol. The fraction of sp³-hybridized carbons (Fsp3) is 0.500. The summed E-state index contributed by atoms with van der Waals surface area (Å²) in [6, 6.07) is 5.85. The van der Waals surface area contributed by atoms with Crippen molar-refractivity contribution in [3.05, 3.63) is 29.3 Å². The summed E-state index contributed by atoms with van der Waals surface area (Å²) in [6.07, 6.45) is 3.08. The molecule has 18 heavy (non-hydrogen) atoms. The van der Waals surface area contributed by atoms with Gasteiger partial charge in [0.25, 0.3) is 5.91 Å². The van der Waals surface area contributed by atoms with Crippen molar-refractivity contribution in [1.29, 1.82) is 0 Å². The van der Waals surface area contributed by atoms with Gasteiger partial charge < -0.3 is 10.6 Å². The highest BCUT2D eigenvalue weighted by Crippen LogP contribution is 2.16. The molecule has 1 aromatic rings. The molecule has 3 nitrogen and oxygen atoms in total.